The molecule has 0 aromatic heterocycles. The number of fused-ring (bicyclic) bond motifs is 2. The fraction of sp³-hybridized carbons (Fsp3) is 0.500. The van der Waals surface area contributed by atoms with Crippen molar-refractivity contribution in [3.8, 4) is 17.2 Å². The molecule has 1 saturated carbocycles. The van der Waals surface area contributed by atoms with Crippen LogP contribution in [0, 0.1) is 11.8 Å². The van der Waals surface area contributed by atoms with E-state index in [4.69, 9.17) is 14.2 Å². The number of piperidine rings is 1. The lowest BCUT2D eigenvalue weighted by Crippen LogP contribution is -2.57. The smallest absolute Gasteiger partial charge is 0.161 e. The molecule has 2 aromatic carbocycles. The average molecular weight is 398 g/mol. The van der Waals surface area contributed by atoms with Gasteiger partial charge in [-0.05, 0) is 48.2 Å². The number of aliphatic hydroxyl groups is 1. The Morgan fingerprint density at radius 3 is 2.14 bits per heavy atom. The number of likely N-dealkylation sites (tertiary alicyclic amines) is 1. The lowest BCUT2D eigenvalue weighted by molar-refractivity contribution is -0.148. The number of hydrogen-bond acceptors (Lipinski definition) is 5. The van der Waals surface area contributed by atoms with Crippen molar-refractivity contribution < 1.29 is 19.3 Å². The van der Waals surface area contributed by atoms with Crippen LogP contribution in [0.3, 0.4) is 0 Å². The first-order chi connectivity index (χ1) is 14.1. The predicted molar refractivity (Wildman–Crippen MR) is 113 cm³/mol. The van der Waals surface area contributed by atoms with Crippen LogP contribution in [0.5, 0.6) is 17.2 Å². The van der Waals surface area contributed by atoms with Crippen LogP contribution in [-0.4, -0.2) is 44.4 Å². The van der Waals surface area contributed by atoms with Gasteiger partial charge in [-0.1, -0.05) is 24.6 Å². The van der Waals surface area contributed by atoms with Gasteiger partial charge in [0.1, 0.15) is 5.75 Å². The zero-order valence-electron chi connectivity index (χ0n) is 17.6. The SMILES string of the molecule is COc1ccc(C2(O)[C@@H]3CCC[C@@H]2CN(Cc2ccc(OC)c(OC)c2)C3)cc1. The summed E-state index contributed by atoms with van der Waals surface area (Å²) in [5, 5.41) is 11.8. The molecule has 1 aliphatic heterocycles. The minimum absolute atomic E-state index is 0.239. The normalized spacial score (nSPS) is 26.8. The second-order valence-electron chi connectivity index (χ2n) is 8.26. The van der Waals surface area contributed by atoms with Gasteiger partial charge in [-0.2, -0.15) is 0 Å². The van der Waals surface area contributed by atoms with E-state index in [0.717, 1.165) is 55.3 Å². The zero-order chi connectivity index (χ0) is 20.4. The molecule has 0 spiro atoms. The first kappa shape index (κ1) is 20.0. The van der Waals surface area contributed by atoms with E-state index in [1.54, 1.807) is 21.3 Å². The molecule has 0 amide bonds. The Balaban J connectivity index is 1.53. The van der Waals surface area contributed by atoms with Crippen molar-refractivity contribution in [2.75, 3.05) is 34.4 Å². The van der Waals surface area contributed by atoms with Crippen LogP contribution in [0.15, 0.2) is 42.5 Å². The van der Waals surface area contributed by atoms with Crippen LogP contribution in [0.1, 0.15) is 30.4 Å². The molecule has 0 radical (unpaired) electrons. The maximum Gasteiger partial charge on any atom is 0.161 e. The number of rotatable bonds is 6. The van der Waals surface area contributed by atoms with Gasteiger partial charge in [0.05, 0.1) is 26.9 Å². The fourth-order valence-corrected chi connectivity index (χ4v) is 5.24. The minimum Gasteiger partial charge on any atom is -0.497 e. The molecule has 2 atom stereocenters. The van der Waals surface area contributed by atoms with Crippen molar-refractivity contribution in [3.05, 3.63) is 53.6 Å². The summed E-state index contributed by atoms with van der Waals surface area (Å²) >= 11 is 0. The molecule has 2 fully saturated rings. The molecule has 156 valence electrons. The van der Waals surface area contributed by atoms with Gasteiger partial charge in [-0.15, -0.1) is 0 Å². The number of hydrogen-bond donors (Lipinski definition) is 1. The third-order valence-corrected chi connectivity index (χ3v) is 6.71. The number of ether oxygens (including phenoxy) is 3. The van der Waals surface area contributed by atoms with Gasteiger partial charge in [0.25, 0.3) is 0 Å². The van der Waals surface area contributed by atoms with Crippen LogP contribution in [-0.2, 0) is 12.1 Å². The molecule has 2 aliphatic rings. The lowest BCUT2D eigenvalue weighted by atomic mass is 9.62. The van der Waals surface area contributed by atoms with Gasteiger partial charge < -0.3 is 19.3 Å². The van der Waals surface area contributed by atoms with Crippen LogP contribution in [0.25, 0.3) is 0 Å². The van der Waals surface area contributed by atoms with E-state index >= 15 is 0 Å². The fourth-order valence-electron chi connectivity index (χ4n) is 5.24. The summed E-state index contributed by atoms with van der Waals surface area (Å²) < 4.78 is 16.1. The van der Waals surface area contributed by atoms with E-state index in [9.17, 15) is 5.11 Å². The third-order valence-electron chi connectivity index (χ3n) is 6.71. The van der Waals surface area contributed by atoms with Crippen LogP contribution in [0.2, 0.25) is 0 Å². The summed E-state index contributed by atoms with van der Waals surface area (Å²) in [7, 11) is 5.00. The molecule has 2 bridgehead atoms. The summed E-state index contributed by atoms with van der Waals surface area (Å²) in [5.74, 6) is 2.82. The van der Waals surface area contributed by atoms with Gasteiger partial charge in [-0.25, -0.2) is 0 Å². The molecule has 1 aliphatic carbocycles. The molecular formula is C24H31NO4. The molecular weight excluding hydrogens is 366 g/mol. The van der Waals surface area contributed by atoms with Crippen LogP contribution >= 0.6 is 0 Å². The van der Waals surface area contributed by atoms with E-state index in [2.05, 4.69) is 17.0 Å². The molecule has 1 saturated heterocycles. The van der Waals surface area contributed by atoms with Gasteiger partial charge >= 0.3 is 0 Å². The van der Waals surface area contributed by atoms with E-state index in [0.29, 0.717) is 0 Å². The highest BCUT2D eigenvalue weighted by molar-refractivity contribution is 5.43. The number of nitrogens with zero attached hydrogens (tertiary/aromatic N) is 1. The Morgan fingerprint density at radius 1 is 0.897 bits per heavy atom. The van der Waals surface area contributed by atoms with E-state index in [-0.39, 0.29) is 11.8 Å². The lowest BCUT2D eigenvalue weighted by Gasteiger charge is -2.53. The first-order valence-corrected chi connectivity index (χ1v) is 10.4. The maximum atomic E-state index is 11.8. The van der Waals surface area contributed by atoms with Crippen molar-refractivity contribution in [3.63, 3.8) is 0 Å². The van der Waals surface area contributed by atoms with Crippen molar-refractivity contribution >= 4 is 0 Å². The van der Waals surface area contributed by atoms with Crippen molar-refractivity contribution in [1.82, 2.24) is 4.90 Å². The van der Waals surface area contributed by atoms with Crippen molar-refractivity contribution in [1.29, 1.82) is 0 Å². The van der Waals surface area contributed by atoms with Crippen molar-refractivity contribution in [2.24, 2.45) is 11.8 Å². The highest BCUT2D eigenvalue weighted by Gasteiger charge is 2.51. The number of benzene rings is 2. The Kier molecular flexibility index (Phi) is 5.70. The maximum absolute atomic E-state index is 11.8. The summed E-state index contributed by atoms with van der Waals surface area (Å²) in [4.78, 5) is 2.48. The summed E-state index contributed by atoms with van der Waals surface area (Å²) in [6.07, 6.45) is 3.31. The molecule has 1 heterocycles. The highest BCUT2D eigenvalue weighted by Crippen LogP contribution is 2.49. The van der Waals surface area contributed by atoms with Gasteiger partial charge in [0, 0.05) is 31.5 Å². The third kappa shape index (κ3) is 3.69. The van der Waals surface area contributed by atoms with Crippen molar-refractivity contribution in [2.45, 2.75) is 31.4 Å². The zero-order valence-corrected chi connectivity index (χ0v) is 17.6. The predicted octanol–water partition coefficient (Wildman–Crippen LogP) is 3.83. The van der Waals surface area contributed by atoms with Gasteiger partial charge in [0.15, 0.2) is 11.5 Å². The molecule has 0 unspecified atom stereocenters. The van der Waals surface area contributed by atoms with Gasteiger partial charge in [0.2, 0.25) is 0 Å². The monoisotopic (exact) mass is 397 g/mol. The molecule has 29 heavy (non-hydrogen) atoms. The molecule has 1 N–H and O–H groups in total. The Hall–Kier alpha value is -2.24. The summed E-state index contributed by atoms with van der Waals surface area (Å²) in [6.45, 7) is 2.65. The summed E-state index contributed by atoms with van der Waals surface area (Å²) in [5.41, 5.74) is 1.48. The Bertz CT molecular complexity index is 821. The molecule has 5 heteroatoms. The van der Waals surface area contributed by atoms with Crippen LogP contribution in [0.4, 0.5) is 0 Å². The second-order valence-corrected chi connectivity index (χ2v) is 8.26. The quantitative estimate of drug-likeness (QED) is 0.803. The standard InChI is InChI=1S/C24H31NO4/c1-27-21-10-8-18(9-11-21)24(26)19-5-4-6-20(24)16-25(15-19)14-17-7-12-22(28-2)23(13-17)29-3/h7-13,19-20,26H,4-6,14-16H2,1-3H3/t19-,20-/m1/s1. The summed E-state index contributed by atoms with van der Waals surface area (Å²) in [6, 6.07) is 14.1. The largest absolute Gasteiger partial charge is 0.497 e. The molecule has 5 nitrogen and oxygen atoms in total. The first-order valence-electron chi connectivity index (χ1n) is 10.4. The number of methoxy groups -OCH3 is 3. The minimum atomic E-state index is -0.751. The molecule has 4 rings (SSSR count). The molecule has 2 aromatic rings. The topological polar surface area (TPSA) is 51.2 Å². The van der Waals surface area contributed by atoms with Gasteiger partial charge in [-0.3, -0.25) is 4.90 Å². The van der Waals surface area contributed by atoms with Crippen LogP contribution < -0.4 is 14.2 Å². The van der Waals surface area contributed by atoms with E-state index < -0.39 is 5.60 Å². The second kappa shape index (κ2) is 8.25. The van der Waals surface area contributed by atoms with E-state index in [1.165, 1.54) is 12.0 Å². The Labute approximate surface area is 173 Å². The van der Waals surface area contributed by atoms with E-state index in [1.807, 2.05) is 30.3 Å². The average Bonchev–Trinajstić information content (AvgIpc) is 2.74. The Morgan fingerprint density at radius 2 is 1.55 bits per heavy atom. The highest BCUT2D eigenvalue weighted by atomic mass is 16.5.